The number of ketones is 1. The summed E-state index contributed by atoms with van der Waals surface area (Å²) in [5, 5.41) is 0. The summed E-state index contributed by atoms with van der Waals surface area (Å²) in [6.07, 6.45) is 0.157. The molecule has 6 heteroatoms. The van der Waals surface area contributed by atoms with Gasteiger partial charge in [-0.2, -0.15) is 0 Å². The molecule has 2 aromatic carbocycles. The quantitative estimate of drug-likeness (QED) is 0.740. The first kappa shape index (κ1) is 17.9. The fourth-order valence-corrected chi connectivity index (χ4v) is 4.34. The summed E-state index contributed by atoms with van der Waals surface area (Å²) < 4.78 is 29.0. The summed E-state index contributed by atoms with van der Waals surface area (Å²) in [5.41, 5.74) is 3.22. The van der Waals surface area contributed by atoms with E-state index in [1.54, 1.807) is 26.4 Å². The average Bonchev–Trinajstić information content (AvgIpc) is 3.17. The summed E-state index contributed by atoms with van der Waals surface area (Å²) in [6.45, 7) is 6.22. The van der Waals surface area contributed by atoms with E-state index in [4.69, 9.17) is 23.7 Å². The van der Waals surface area contributed by atoms with E-state index in [9.17, 15) is 4.79 Å². The van der Waals surface area contributed by atoms with Gasteiger partial charge >= 0.3 is 0 Å². The Morgan fingerprint density at radius 1 is 1.10 bits per heavy atom. The second-order valence-electron chi connectivity index (χ2n) is 7.63. The second-order valence-corrected chi connectivity index (χ2v) is 7.63. The van der Waals surface area contributed by atoms with Crippen molar-refractivity contribution in [3.8, 4) is 28.7 Å². The molecular weight excluding hydrogens is 372 g/mol. The first-order chi connectivity index (χ1) is 14.0. The molecule has 3 aliphatic rings. The Balaban J connectivity index is 1.58. The van der Waals surface area contributed by atoms with E-state index in [0.717, 1.165) is 22.4 Å². The average molecular weight is 394 g/mol. The molecule has 0 saturated heterocycles. The van der Waals surface area contributed by atoms with Gasteiger partial charge in [0.15, 0.2) is 17.3 Å². The number of hydrogen-bond acceptors (Lipinski definition) is 6. The van der Waals surface area contributed by atoms with Crippen molar-refractivity contribution in [2.24, 2.45) is 0 Å². The second kappa shape index (κ2) is 6.44. The predicted octanol–water partition coefficient (Wildman–Crippen LogP) is 3.70. The number of rotatable bonds is 3. The molecule has 3 heterocycles. The molecule has 0 unspecified atom stereocenters. The van der Waals surface area contributed by atoms with Gasteiger partial charge in [-0.05, 0) is 30.7 Å². The van der Waals surface area contributed by atoms with E-state index in [1.807, 2.05) is 19.1 Å². The molecule has 0 amide bonds. The van der Waals surface area contributed by atoms with Crippen molar-refractivity contribution in [2.45, 2.75) is 31.5 Å². The summed E-state index contributed by atoms with van der Waals surface area (Å²) in [4.78, 5) is 13.5. The van der Waals surface area contributed by atoms with Crippen molar-refractivity contribution in [2.75, 3.05) is 20.8 Å². The monoisotopic (exact) mass is 394 g/mol. The van der Waals surface area contributed by atoms with Crippen molar-refractivity contribution < 1.29 is 28.5 Å². The van der Waals surface area contributed by atoms with Gasteiger partial charge in [0.25, 0.3) is 0 Å². The Bertz CT molecular complexity index is 1040. The standard InChI is InChI=1S/C23H22O6/c1-11(2)16-8-14-15(28-16)6-5-12-22(24)21-13-7-18(25-3)19(26-4)9-17(13)27-10-20(21)29-23(12)14/h5-7,9,16,20-21H,1,8,10H2,2-4H3/t16-,20+,21+/m1/s1. The van der Waals surface area contributed by atoms with E-state index in [2.05, 4.69) is 6.58 Å². The van der Waals surface area contributed by atoms with Gasteiger partial charge in [-0.15, -0.1) is 0 Å². The van der Waals surface area contributed by atoms with Crippen LogP contribution >= 0.6 is 0 Å². The Labute approximate surface area is 169 Å². The molecule has 6 nitrogen and oxygen atoms in total. The third-order valence-electron chi connectivity index (χ3n) is 5.87. The predicted molar refractivity (Wildman–Crippen MR) is 106 cm³/mol. The van der Waals surface area contributed by atoms with Crippen molar-refractivity contribution in [3.05, 3.63) is 53.1 Å². The summed E-state index contributed by atoms with van der Waals surface area (Å²) in [6, 6.07) is 7.23. The van der Waals surface area contributed by atoms with Gasteiger partial charge in [0.1, 0.15) is 36.1 Å². The van der Waals surface area contributed by atoms with E-state index in [1.165, 1.54) is 0 Å². The van der Waals surface area contributed by atoms with E-state index in [0.29, 0.717) is 35.0 Å². The molecule has 0 radical (unpaired) electrons. The SMILES string of the molecule is C=C(C)[C@H]1Cc2c(ccc3c2O[C@H]2COc4cc(OC)c(OC)cc4[C@@H]2C3=O)O1. The maximum atomic E-state index is 13.5. The number of Topliss-reactive ketones (excluding diaryl/α,β-unsaturated/α-hetero) is 1. The number of methoxy groups -OCH3 is 2. The molecule has 0 aromatic heterocycles. The fourth-order valence-electron chi connectivity index (χ4n) is 4.34. The van der Waals surface area contributed by atoms with Crippen molar-refractivity contribution in [1.82, 2.24) is 0 Å². The van der Waals surface area contributed by atoms with Crippen LogP contribution < -0.4 is 23.7 Å². The van der Waals surface area contributed by atoms with Crippen molar-refractivity contribution in [3.63, 3.8) is 0 Å². The molecule has 0 spiro atoms. The summed E-state index contributed by atoms with van der Waals surface area (Å²) >= 11 is 0. The maximum absolute atomic E-state index is 13.5. The highest BCUT2D eigenvalue weighted by Gasteiger charge is 2.45. The van der Waals surface area contributed by atoms with Crippen LogP contribution in [0, 0.1) is 0 Å². The smallest absolute Gasteiger partial charge is 0.178 e. The summed E-state index contributed by atoms with van der Waals surface area (Å²) in [7, 11) is 3.14. The number of benzene rings is 2. The van der Waals surface area contributed by atoms with Gasteiger partial charge in [0.2, 0.25) is 0 Å². The molecule has 3 atom stereocenters. The van der Waals surface area contributed by atoms with Crippen LogP contribution in [0.4, 0.5) is 0 Å². The maximum Gasteiger partial charge on any atom is 0.178 e. The lowest BCUT2D eigenvalue weighted by Crippen LogP contribution is -2.43. The fraction of sp³-hybridized carbons (Fsp3) is 0.348. The Morgan fingerprint density at radius 2 is 1.86 bits per heavy atom. The molecule has 0 fully saturated rings. The van der Waals surface area contributed by atoms with Crippen LogP contribution in [0.2, 0.25) is 0 Å². The first-order valence-corrected chi connectivity index (χ1v) is 9.59. The van der Waals surface area contributed by atoms with Crippen LogP contribution in [0.1, 0.15) is 34.3 Å². The molecule has 29 heavy (non-hydrogen) atoms. The number of carbonyl (C=O) groups excluding carboxylic acids is 1. The zero-order valence-corrected chi connectivity index (χ0v) is 16.6. The molecule has 2 aromatic rings. The first-order valence-electron chi connectivity index (χ1n) is 9.59. The third kappa shape index (κ3) is 2.58. The third-order valence-corrected chi connectivity index (χ3v) is 5.87. The van der Waals surface area contributed by atoms with Gasteiger partial charge in [-0.25, -0.2) is 0 Å². The molecule has 5 rings (SSSR count). The minimum Gasteiger partial charge on any atom is -0.493 e. The molecule has 0 aliphatic carbocycles. The van der Waals surface area contributed by atoms with Crippen LogP contribution in [0.25, 0.3) is 0 Å². The molecule has 150 valence electrons. The van der Waals surface area contributed by atoms with Crippen molar-refractivity contribution in [1.29, 1.82) is 0 Å². The van der Waals surface area contributed by atoms with E-state index in [-0.39, 0.29) is 18.5 Å². The van der Waals surface area contributed by atoms with Crippen LogP contribution in [-0.4, -0.2) is 38.8 Å². The summed E-state index contributed by atoms with van der Waals surface area (Å²) in [5.74, 6) is 2.68. The molecular formula is C23H22O6. The largest absolute Gasteiger partial charge is 0.493 e. The van der Waals surface area contributed by atoms with Crippen LogP contribution in [-0.2, 0) is 6.42 Å². The zero-order valence-electron chi connectivity index (χ0n) is 16.6. The number of ether oxygens (including phenoxy) is 5. The van der Waals surface area contributed by atoms with Gasteiger partial charge in [-0.1, -0.05) is 6.58 Å². The minimum atomic E-state index is -0.455. The van der Waals surface area contributed by atoms with Crippen LogP contribution in [0.3, 0.4) is 0 Å². The lowest BCUT2D eigenvalue weighted by atomic mass is 9.81. The molecule has 0 N–H and O–H groups in total. The number of fused-ring (bicyclic) bond motifs is 6. The lowest BCUT2D eigenvalue weighted by Gasteiger charge is -2.37. The van der Waals surface area contributed by atoms with E-state index >= 15 is 0 Å². The minimum absolute atomic E-state index is 0.0228. The molecule has 0 bridgehead atoms. The van der Waals surface area contributed by atoms with Crippen molar-refractivity contribution >= 4 is 5.78 Å². The Kier molecular flexibility index (Phi) is 3.98. The topological polar surface area (TPSA) is 63.2 Å². The van der Waals surface area contributed by atoms with Crippen LogP contribution in [0.15, 0.2) is 36.4 Å². The van der Waals surface area contributed by atoms with Gasteiger partial charge in [-0.3, -0.25) is 4.79 Å². The molecule has 3 aliphatic heterocycles. The van der Waals surface area contributed by atoms with Gasteiger partial charge in [0.05, 0.1) is 25.7 Å². The Hall–Kier alpha value is -3.15. The Morgan fingerprint density at radius 3 is 2.59 bits per heavy atom. The number of hydrogen-bond donors (Lipinski definition) is 0. The highest BCUT2D eigenvalue weighted by molar-refractivity contribution is 6.06. The van der Waals surface area contributed by atoms with Gasteiger partial charge < -0.3 is 23.7 Å². The molecule has 0 saturated carbocycles. The zero-order chi connectivity index (χ0) is 20.3. The van der Waals surface area contributed by atoms with Gasteiger partial charge in [0, 0.05) is 23.6 Å². The number of carbonyl (C=O) groups is 1. The normalized spacial score (nSPS) is 23.4. The van der Waals surface area contributed by atoms with E-state index < -0.39 is 12.0 Å². The highest BCUT2D eigenvalue weighted by atomic mass is 16.5. The van der Waals surface area contributed by atoms with Crippen LogP contribution in [0.5, 0.6) is 28.7 Å². The lowest BCUT2D eigenvalue weighted by molar-refractivity contribution is 0.0554. The highest BCUT2D eigenvalue weighted by Crippen LogP contribution is 2.49.